The van der Waals surface area contributed by atoms with E-state index < -0.39 is 23.4 Å². The number of hydrogen-bond donors (Lipinski definition) is 3. The number of benzene rings is 1. The van der Waals surface area contributed by atoms with E-state index in [-0.39, 0.29) is 11.1 Å². The van der Waals surface area contributed by atoms with Crippen molar-refractivity contribution >= 4 is 17.7 Å². The van der Waals surface area contributed by atoms with Crippen LogP contribution in [0.1, 0.15) is 37.6 Å². The molecule has 0 fully saturated rings. The molecule has 0 saturated carbocycles. The van der Waals surface area contributed by atoms with Crippen molar-refractivity contribution < 1.29 is 19.1 Å². The topological polar surface area (TPSA) is 78.4 Å². The molecule has 2 amide bonds. The van der Waals surface area contributed by atoms with Crippen LogP contribution >= 0.6 is 0 Å². The van der Waals surface area contributed by atoms with Crippen LogP contribution in [0.4, 0.5) is 14.9 Å². The minimum atomic E-state index is -1.34. The van der Waals surface area contributed by atoms with Crippen LogP contribution in [-0.4, -0.2) is 23.7 Å². The standard InChI is InChI=1S/C14H19FN2O3/c1-4-14(2,3)8-16-13(20)17-9-5-6-10(12(18)19)11(15)7-9/h5-7H,4,8H2,1-3H3,(H,18,19)(H2,16,17,20). The predicted molar refractivity (Wildman–Crippen MR) is 74.5 cm³/mol. The predicted octanol–water partition coefficient (Wildman–Crippen LogP) is 3.08. The molecule has 1 aromatic carbocycles. The largest absolute Gasteiger partial charge is 0.478 e. The van der Waals surface area contributed by atoms with Gasteiger partial charge in [-0.1, -0.05) is 20.8 Å². The molecule has 6 heteroatoms. The van der Waals surface area contributed by atoms with Crippen molar-refractivity contribution in [3.05, 3.63) is 29.6 Å². The maximum atomic E-state index is 13.4. The highest BCUT2D eigenvalue weighted by Crippen LogP contribution is 2.18. The van der Waals surface area contributed by atoms with Crippen molar-refractivity contribution in [1.82, 2.24) is 5.32 Å². The zero-order valence-corrected chi connectivity index (χ0v) is 11.8. The monoisotopic (exact) mass is 282 g/mol. The molecular weight excluding hydrogens is 263 g/mol. The number of halogens is 1. The zero-order valence-electron chi connectivity index (χ0n) is 11.8. The van der Waals surface area contributed by atoms with Gasteiger partial charge in [-0.15, -0.1) is 0 Å². The number of carboxylic acids is 1. The fourth-order valence-electron chi connectivity index (χ4n) is 1.39. The molecule has 0 aliphatic rings. The first-order valence-electron chi connectivity index (χ1n) is 6.33. The van der Waals surface area contributed by atoms with Crippen molar-refractivity contribution in [3.63, 3.8) is 0 Å². The maximum absolute atomic E-state index is 13.4. The Bertz CT molecular complexity index is 515. The third-order valence-corrected chi connectivity index (χ3v) is 3.14. The summed E-state index contributed by atoms with van der Waals surface area (Å²) < 4.78 is 13.4. The summed E-state index contributed by atoms with van der Waals surface area (Å²) in [7, 11) is 0. The number of hydrogen-bond acceptors (Lipinski definition) is 2. The quantitative estimate of drug-likeness (QED) is 0.776. The number of carbonyl (C=O) groups excluding carboxylic acids is 1. The summed E-state index contributed by atoms with van der Waals surface area (Å²) in [5.41, 5.74) is -0.238. The lowest BCUT2D eigenvalue weighted by Gasteiger charge is -2.22. The molecule has 0 saturated heterocycles. The van der Waals surface area contributed by atoms with Gasteiger partial charge in [0.25, 0.3) is 0 Å². The van der Waals surface area contributed by atoms with Crippen LogP contribution in [0.15, 0.2) is 18.2 Å². The number of urea groups is 1. The fourth-order valence-corrected chi connectivity index (χ4v) is 1.39. The highest BCUT2D eigenvalue weighted by atomic mass is 19.1. The lowest BCUT2D eigenvalue weighted by molar-refractivity contribution is 0.0692. The van der Waals surface area contributed by atoms with Gasteiger partial charge in [-0.05, 0) is 30.0 Å². The van der Waals surface area contributed by atoms with Gasteiger partial charge in [-0.3, -0.25) is 0 Å². The second-order valence-electron chi connectivity index (χ2n) is 5.33. The minimum Gasteiger partial charge on any atom is -0.478 e. The Morgan fingerprint density at radius 3 is 2.50 bits per heavy atom. The highest BCUT2D eigenvalue weighted by molar-refractivity contribution is 5.91. The van der Waals surface area contributed by atoms with Gasteiger partial charge in [0.15, 0.2) is 0 Å². The summed E-state index contributed by atoms with van der Waals surface area (Å²) in [6.45, 7) is 6.56. The molecule has 0 aromatic heterocycles. The third-order valence-electron chi connectivity index (χ3n) is 3.14. The van der Waals surface area contributed by atoms with Gasteiger partial charge in [0, 0.05) is 12.2 Å². The van der Waals surface area contributed by atoms with Crippen LogP contribution in [0.2, 0.25) is 0 Å². The molecule has 0 heterocycles. The average molecular weight is 282 g/mol. The van der Waals surface area contributed by atoms with E-state index in [1.54, 1.807) is 0 Å². The molecule has 5 nitrogen and oxygen atoms in total. The summed E-state index contributed by atoms with van der Waals surface area (Å²) in [6.07, 6.45) is 0.912. The summed E-state index contributed by atoms with van der Waals surface area (Å²) in [6, 6.07) is 2.99. The molecule has 1 aromatic rings. The van der Waals surface area contributed by atoms with Gasteiger partial charge < -0.3 is 15.7 Å². The molecule has 0 unspecified atom stereocenters. The van der Waals surface area contributed by atoms with E-state index in [0.717, 1.165) is 18.6 Å². The number of carboxylic acid groups (broad SMARTS) is 1. The average Bonchev–Trinajstić information content (AvgIpc) is 2.36. The number of anilines is 1. The maximum Gasteiger partial charge on any atom is 0.338 e. The Kier molecular flexibility index (Phi) is 5.07. The first-order chi connectivity index (χ1) is 9.25. The van der Waals surface area contributed by atoms with Crippen LogP contribution in [0.25, 0.3) is 0 Å². The van der Waals surface area contributed by atoms with Crippen molar-refractivity contribution in [3.8, 4) is 0 Å². The Morgan fingerprint density at radius 1 is 1.35 bits per heavy atom. The number of carbonyl (C=O) groups is 2. The number of aromatic carboxylic acids is 1. The van der Waals surface area contributed by atoms with Gasteiger partial charge in [0.2, 0.25) is 0 Å². The summed E-state index contributed by atoms with van der Waals surface area (Å²) in [5.74, 6) is -2.23. The molecule has 3 N–H and O–H groups in total. The van der Waals surface area contributed by atoms with E-state index in [1.165, 1.54) is 6.07 Å². The second-order valence-corrected chi connectivity index (χ2v) is 5.33. The number of nitrogens with one attached hydrogen (secondary N) is 2. The minimum absolute atomic E-state index is 0.0181. The molecule has 1 rings (SSSR count). The molecule has 0 aliphatic heterocycles. The van der Waals surface area contributed by atoms with Crippen LogP contribution in [0, 0.1) is 11.2 Å². The lowest BCUT2D eigenvalue weighted by Crippen LogP contribution is -2.36. The number of amides is 2. The molecule has 0 radical (unpaired) electrons. The Morgan fingerprint density at radius 2 is 2.00 bits per heavy atom. The first-order valence-corrected chi connectivity index (χ1v) is 6.33. The molecule has 110 valence electrons. The first kappa shape index (κ1) is 15.9. The number of rotatable bonds is 5. The van der Waals surface area contributed by atoms with Gasteiger partial charge in [-0.25, -0.2) is 14.0 Å². The van der Waals surface area contributed by atoms with Gasteiger partial charge in [-0.2, -0.15) is 0 Å². The van der Waals surface area contributed by atoms with Crippen molar-refractivity contribution in [2.75, 3.05) is 11.9 Å². The Hall–Kier alpha value is -2.11. The van der Waals surface area contributed by atoms with Crippen molar-refractivity contribution in [2.24, 2.45) is 5.41 Å². The van der Waals surface area contributed by atoms with Crippen LogP contribution in [0.3, 0.4) is 0 Å². The molecule has 0 aliphatic carbocycles. The highest BCUT2D eigenvalue weighted by Gasteiger charge is 2.16. The van der Waals surface area contributed by atoms with E-state index in [1.807, 2.05) is 20.8 Å². The van der Waals surface area contributed by atoms with Crippen LogP contribution in [0.5, 0.6) is 0 Å². The van der Waals surface area contributed by atoms with E-state index in [9.17, 15) is 14.0 Å². The van der Waals surface area contributed by atoms with E-state index in [4.69, 9.17) is 5.11 Å². The fraction of sp³-hybridized carbons (Fsp3) is 0.429. The normalized spacial score (nSPS) is 11.0. The summed E-state index contributed by atoms with van der Waals surface area (Å²) in [4.78, 5) is 22.3. The second kappa shape index (κ2) is 6.36. The van der Waals surface area contributed by atoms with Crippen LogP contribution in [-0.2, 0) is 0 Å². The summed E-state index contributed by atoms with van der Waals surface area (Å²) >= 11 is 0. The SMILES string of the molecule is CCC(C)(C)CNC(=O)Nc1ccc(C(=O)O)c(F)c1. The molecule has 0 atom stereocenters. The molecular formula is C14H19FN2O3. The van der Waals surface area contributed by atoms with Crippen LogP contribution < -0.4 is 10.6 Å². The Balaban J connectivity index is 2.63. The molecule has 0 bridgehead atoms. The van der Waals surface area contributed by atoms with Crippen molar-refractivity contribution in [1.29, 1.82) is 0 Å². The van der Waals surface area contributed by atoms with Crippen molar-refractivity contribution in [2.45, 2.75) is 27.2 Å². The smallest absolute Gasteiger partial charge is 0.338 e. The van der Waals surface area contributed by atoms with Gasteiger partial charge in [0.1, 0.15) is 5.82 Å². The van der Waals surface area contributed by atoms with Gasteiger partial charge >= 0.3 is 12.0 Å². The zero-order chi connectivity index (χ0) is 15.3. The lowest BCUT2D eigenvalue weighted by atomic mass is 9.90. The van der Waals surface area contributed by atoms with Gasteiger partial charge in [0.05, 0.1) is 5.56 Å². The third kappa shape index (κ3) is 4.53. The summed E-state index contributed by atoms with van der Waals surface area (Å²) in [5, 5.41) is 13.9. The van der Waals surface area contributed by atoms with E-state index in [0.29, 0.717) is 6.54 Å². The molecule has 20 heavy (non-hydrogen) atoms. The van der Waals surface area contributed by atoms with E-state index in [2.05, 4.69) is 10.6 Å². The van der Waals surface area contributed by atoms with E-state index >= 15 is 0 Å². The Labute approximate surface area is 117 Å². The molecule has 0 spiro atoms.